The van der Waals surface area contributed by atoms with E-state index in [1.807, 2.05) is 36.1 Å². The minimum Gasteiger partial charge on any atom is -0.492 e. The van der Waals surface area contributed by atoms with Crippen molar-refractivity contribution in [1.82, 2.24) is 24.3 Å². The first-order valence-electron chi connectivity index (χ1n) is 10.3. The van der Waals surface area contributed by atoms with Gasteiger partial charge in [0.15, 0.2) is 5.82 Å². The van der Waals surface area contributed by atoms with E-state index in [-0.39, 0.29) is 11.8 Å². The van der Waals surface area contributed by atoms with Crippen molar-refractivity contribution in [2.75, 3.05) is 52.4 Å². The molecule has 0 unspecified atom stereocenters. The number of carbonyl (C=O) groups excluding carboxylic acids is 2. The van der Waals surface area contributed by atoms with Gasteiger partial charge in [0.1, 0.15) is 18.1 Å². The molecule has 1 saturated heterocycles. The van der Waals surface area contributed by atoms with Crippen molar-refractivity contribution in [2.45, 2.75) is 13.5 Å². The summed E-state index contributed by atoms with van der Waals surface area (Å²) in [6.45, 7) is 8.15. The maximum atomic E-state index is 12.9. The molecule has 0 spiro atoms. The number of imidazole rings is 1. The highest BCUT2D eigenvalue weighted by Crippen LogP contribution is 2.17. The Kier molecular flexibility index (Phi) is 6.24. The van der Waals surface area contributed by atoms with Gasteiger partial charge in [0.2, 0.25) is 0 Å². The molecule has 0 bridgehead atoms. The van der Waals surface area contributed by atoms with Crippen LogP contribution in [0.3, 0.4) is 0 Å². The number of halogens is 1. The Morgan fingerprint density at radius 3 is 2.53 bits per heavy atom. The van der Waals surface area contributed by atoms with Gasteiger partial charge in [-0.2, -0.15) is 0 Å². The topological polar surface area (TPSA) is 70.9 Å². The molecule has 0 N–H and O–H groups in total. The normalized spacial score (nSPS) is 17.2. The van der Waals surface area contributed by atoms with E-state index in [0.717, 1.165) is 25.4 Å². The SMILES string of the molecule is CCN1CCn2cc(C(=O)N3CCN(CCOc4ccc(Cl)cc4)CC3)nc2C1=O. The first kappa shape index (κ1) is 20.7. The number of amides is 2. The summed E-state index contributed by atoms with van der Waals surface area (Å²) in [4.78, 5) is 35.5. The highest BCUT2D eigenvalue weighted by molar-refractivity contribution is 6.30. The summed E-state index contributed by atoms with van der Waals surface area (Å²) >= 11 is 5.88. The third kappa shape index (κ3) is 4.44. The lowest BCUT2D eigenvalue weighted by Gasteiger charge is -2.34. The first-order valence-corrected chi connectivity index (χ1v) is 10.7. The van der Waals surface area contributed by atoms with Crippen LogP contribution in [-0.2, 0) is 6.54 Å². The van der Waals surface area contributed by atoms with Crippen LogP contribution in [0.15, 0.2) is 30.5 Å². The van der Waals surface area contributed by atoms with Crippen LogP contribution in [-0.4, -0.2) is 88.5 Å². The van der Waals surface area contributed by atoms with E-state index >= 15 is 0 Å². The minimum absolute atomic E-state index is 0.103. The molecule has 160 valence electrons. The van der Waals surface area contributed by atoms with Crippen LogP contribution < -0.4 is 4.74 Å². The van der Waals surface area contributed by atoms with Crippen molar-refractivity contribution < 1.29 is 14.3 Å². The number of aromatic nitrogens is 2. The second-order valence-electron chi connectivity index (χ2n) is 7.46. The van der Waals surface area contributed by atoms with Gasteiger partial charge < -0.3 is 19.1 Å². The van der Waals surface area contributed by atoms with Gasteiger partial charge in [-0.05, 0) is 31.2 Å². The molecule has 2 aromatic rings. The molecule has 9 heteroatoms. The zero-order valence-corrected chi connectivity index (χ0v) is 17.8. The Labute approximate surface area is 181 Å². The molecule has 0 radical (unpaired) electrons. The molecule has 1 fully saturated rings. The van der Waals surface area contributed by atoms with E-state index in [1.165, 1.54) is 0 Å². The molecule has 1 aromatic carbocycles. The number of piperazine rings is 1. The number of carbonyl (C=O) groups is 2. The van der Waals surface area contributed by atoms with E-state index < -0.39 is 0 Å². The monoisotopic (exact) mass is 431 g/mol. The van der Waals surface area contributed by atoms with Gasteiger partial charge >= 0.3 is 0 Å². The Hall–Kier alpha value is -2.58. The van der Waals surface area contributed by atoms with Gasteiger partial charge in [-0.1, -0.05) is 11.6 Å². The number of hydrogen-bond acceptors (Lipinski definition) is 5. The number of rotatable bonds is 6. The third-order valence-electron chi connectivity index (χ3n) is 5.62. The summed E-state index contributed by atoms with van der Waals surface area (Å²) in [5, 5.41) is 0.689. The Morgan fingerprint density at radius 2 is 1.83 bits per heavy atom. The molecule has 0 aliphatic carbocycles. The molecule has 0 saturated carbocycles. The second-order valence-corrected chi connectivity index (χ2v) is 7.90. The van der Waals surface area contributed by atoms with Gasteiger partial charge in [-0.3, -0.25) is 14.5 Å². The standard InChI is InChI=1S/C21H26ClN5O3/c1-2-25-11-12-27-15-18(23-19(27)21(25)29)20(28)26-9-7-24(8-10-26)13-14-30-17-5-3-16(22)4-6-17/h3-6,15H,2,7-14H2,1H3. The van der Waals surface area contributed by atoms with Gasteiger partial charge in [0, 0.05) is 63.6 Å². The molecule has 2 amide bonds. The summed E-state index contributed by atoms with van der Waals surface area (Å²) < 4.78 is 7.55. The number of benzene rings is 1. The van der Waals surface area contributed by atoms with E-state index in [1.54, 1.807) is 15.7 Å². The van der Waals surface area contributed by atoms with Crippen LogP contribution >= 0.6 is 11.6 Å². The Morgan fingerprint density at radius 1 is 1.10 bits per heavy atom. The molecule has 3 heterocycles. The zero-order valence-electron chi connectivity index (χ0n) is 17.1. The van der Waals surface area contributed by atoms with Crippen LogP contribution in [0.5, 0.6) is 5.75 Å². The number of likely N-dealkylation sites (N-methyl/N-ethyl adjacent to an activating group) is 1. The lowest BCUT2D eigenvalue weighted by atomic mass is 10.3. The molecular formula is C21H26ClN5O3. The van der Waals surface area contributed by atoms with Crippen LogP contribution in [0.1, 0.15) is 28.0 Å². The second kappa shape index (κ2) is 9.06. The van der Waals surface area contributed by atoms with Crippen LogP contribution in [0.25, 0.3) is 0 Å². The molecule has 8 nitrogen and oxygen atoms in total. The van der Waals surface area contributed by atoms with E-state index in [0.29, 0.717) is 55.9 Å². The fourth-order valence-corrected chi connectivity index (χ4v) is 3.92. The molecule has 1 aromatic heterocycles. The maximum absolute atomic E-state index is 12.9. The van der Waals surface area contributed by atoms with E-state index in [4.69, 9.17) is 16.3 Å². The Balaban J connectivity index is 1.26. The van der Waals surface area contributed by atoms with Crippen LogP contribution in [0.4, 0.5) is 0 Å². The van der Waals surface area contributed by atoms with Crippen molar-refractivity contribution in [2.24, 2.45) is 0 Å². The van der Waals surface area contributed by atoms with Crippen molar-refractivity contribution >= 4 is 23.4 Å². The van der Waals surface area contributed by atoms with Crippen LogP contribution in [0.2, 0.25) is 5.02 Å². The average molecular weight is 432 g/mol. The number of nitrogens with zero attached hydrogens (tertiary/aromatic N) is 5. The highest BCUT2D eigenvalue weighted by atomic mass is 35.5. The van der Waals surface area contributed by atoms with Gasteiger partial charge in [-0.15, -0.1) is 0 Å². The average Bonchev–Trinajstić information content (AvgIpc) is 3.21. The van der Waals surface area contributed by atoms with Gasteiger partial charge in [0.05, 0.1) is 0 Å². The quantitative estimate of drug-likeness (QED) is 0.698. The van der Waals surface area contributed by atoms with Crippen molar-refractivity contribution in [3.05, 3.63) is 47.0 Å². The molecule has 30 heavy (non-hydrogen) atoms. The van der Waals surface area contributed by atoms with E-state index in [2.05, 4.69) is 9.88 Å². The van der Waals surface area contributed by atoms with Crippen molar-refractivity contribution in [3.63, 3.8) is 0 Å². The predicted molar refractivity (Wildman–Crippen MR) is 113 cm³/mol. The molecule has 4 rings (SSSR count). The molecule has 0 atom stereocenters. The fourth-order valence-electron chi connectivity index (χ4n) is 3.79. The number of fused-ring (bicyclic) bond motifs is 1. The lowest BCUT2D eigenvalue weighted by molar-refractivity contribution is 0.0615. The molecule has 2 aliphatic rings. The fraction of sp³-hybridized carbons (Fsp3) is 0.476. The van der Waals surface area contributed by atoms with Crippen LogP contribution in [0, 0.1) is 0 Å². The van der Waals surface area contributed by atoms with Gasteiger partial charge in [-0.25, -0.2) is 4.98 Å². The summed E-state index contributed by atoms with van der Waals surface area (Å²) in [7, 11) is 0. The minimum atomic E-state index is -0.107. The van der Waals surface area contributed by atoms with E-state index in [9.17, 15) is 9.59 Å². The Bertz CT molecular complexity index is 906. The van der Waals surface area contributed by atoms with Gasteiger partial charge in [0.25, 0.3) is 11.8 Å². The predicted octanol–water partition coefficient (Wildman–Crippen LogP) is 1.85. The van der Waals surface area contributed by atoms with Crippen molar-refractivity contribution in [3.8, 4) is 5.75 Å². The molecule has 2 aliphatic heterocycles. The lowest BCUT2D eigenvalue weighted by Crippen LogP contribution is -2.49. The number of hydrogen-bond donors (Lipinski definition) is 0. The first-order chi connectivity index (χ1) is 14.5. The summed E-state index contributed by atoms with van der Waals surface area (Å²) in [6, 6.07) is 7.33. The molecular weight excluding hydrogens is 406 g/mol. The third-order valence-corrected chi connectivity index (χ3v) is 5.87. The largest absolute Gasteiger partial charge is 0.492 e. The zero-order chi connectivity index (χ0) is 21.1. The smallest absolute Gasteiger partial charge is 0.289 e. The maximum Gasteiger partial charge on any atom is 0.289 e. The highest BCUT2D eigenvalue weighted by Gasteiger charge is 2.29. The summed E-state index contributed by atoms with van der Waals surface area (Å²) in [6.07, 6.45) is 1.72. The number of ether oxygens (including phenoxy) is 1. The summed E-state index contributed by atoms with van der Waals surface area (Å²) in [5.74, 6) is 0.954. The summed E-state index contributed by atoms with van der Waals surface area (Å²) in [5.41, 5.74) is 0.357. The van der Waals surface area contributed by atoms with Crippen molar-refractivity contribution in [1.29, 1.82) is 0 Å².